The van der Waals surface area contributed by atoms with Crippen LogP contribution in [0, 0.1) is 0 Å². The summed E-state index contributed by atoms with van der Waals surface area (Å²) in [5.41, 5.74) is 2.29. The van der Waals surface area contributed by atoms with Gasteiger partial charge in [-0.1, -0.05) is 46.3 Å². The van der Waals surface area contributed by atoms with E-state index in [-0.39, 0.29) is 12.1 Å². The van der Waals surface area contributed by atoms with Gasteiger partial charge in [0.15, 0.2) is 6.61 Å². The molecule has 2 aromatic carbocycles. The average Bonchev–Trinajstić information content (AvgIpc) is 3.34. The Morgan fingerprint density at radius 2 is 1.85 bits per heavy atom. The molecule has 4 rings (SSSR count). The van der Waals surface area contributed by atoms with Gasteiger partial charge in [0.05, 0.1) is 29.6 Å². The predicted octanol–water partition coefficient (Wildman–Crippen LogP) is 4.44. The third kappa shape index (κ3) is 5.64. The zero-order chi connectivity index (χ0) is 23.2. The Labute approximate surface area is 197 Å². The number of aromatic nitrogens is 1. The topological polar surface area (TPSA) is 111 Å². The number of hydrogen-bond acceptors (Lipinski definition) is 6. The zero-order valence-corrected chi connectivity index (χ0v) is 18.8. The molecule has 0 atom stereocenters. The number of benzene rings is 2. The fraction of sp³-hybridized carbons (Fsp3) is 0.0833. The molecule has 0 aliphatic heterocycles. The van der Waals surface area contributed by atoms with Crippen molar-refractivity contribution in [1.29, 1.82) is 0 Å². The van der Waals surface area contributed by atoms with Gasteiger partial charge in [0.2, 0.25) is 0 Å². The molecule has 9 heteroatoms. The molecule has 2 N–H and O–H groups in total. The standard InChI is InChI=1S/C24H18BrN3O5/c25-16-6-3-5-15(11-16)21-12-19(18-8-1-2-9-20(18)27-21)23(30)33-14-22(29)28-24(31)26-13-17-7-4-10-32-17/h1-12H,13-14H2,(H2,26,28,29,31). The number of carbonyl (C=O) groups excluding carboxylic acids is 3. The van der Waals surface area contributed by atoms with Crippen molar-refractivity contribution in [3.05, 3.63) is 88.8 Å². The van der Waals surface area contributed by atoms with Gasteiger partial charge in [-0.2, -0.15) is 0 Å². The fourth-order valence-electron chi connectivity index (χ4n) is 3.14. The van der Waals surface area contributed by atoms with Crippen molar-refractivity contribution in [2.24, 2.45) is 0 Å². The number of rotatable bonds is 6. The lowest BCUT2D eigenvalue weighted by Crippen LogP contribution is -2.41. The molecule has 0 fully saturated rings. The minimum Gasteiger partial charge on any atom is -0.467 e. The largest absolute Gasteiger partial charge is 0.467 e. The van der Waals surface area contributed by atoms with Crippen molar-refractivity contribution in [2.75, 3.05) is 6.61 Å². The maximum absolute atomic E-state index is 12.8. The van der Waals surface area contributed by atoms with Crippen LogP contribution in [-0.4, -0.2) is 29.5 Å². The minimum atomic E-state index is -0.758. The van der Waals surface area contributed by atoms with Crippen LogP contribution < -0.4 is 10.6 Å². The molecule has 0 unspecified atom stereocenters. The second kappa shape index (κ2) is 10.1. The molecule has 2 aromatic heterocycles. The van der Waals surface area contributed by atoms with Crippen molar-refractivity contribution in [3.63, 3.8) is 0 Å². The first-order chi connectivity index (χ1) is 16.0. The highest BCUT2D eigenvalue weighted by molar-refractivity contribution is 9.10. The van der Waals surface area contributed by atoms with Crippen LogP contribution in [0.1, 0.15) is 16.1 Å². The number of imide groups is 1. The molecule has 0 aliphatic rings. The molecule has 3 amide bonds. The van der Waals surface area contributed by atoms with E-state index in [9.17, 15) is 14.4 Å². The van der Waals surface area contributed by atoms with Crippen LogP contribution in [0.5, 0.6) is 0 Å². The lowest BCUT2D eigenvalue weighted by Gasteiger charge is -2.10. The van der Waals surface area contributed by atoms with Gasteiger partial charge in [-0.15, -0.1) is 0 Å². The van der Waals surface area contributed by atoms with E-state index in [4.69, 9.17) is 9.15 Å². The molecular formula is C24H18BrN3O5. The second-order valence-corrected chi connectivity index (χ2v) is 7.88. The summed E-state index contributed by atoms with van der Waals surface area (Å²) >= 11 is 3.44. The number of para-hydroxylation sites is 1. The van der Waals surface area contributed by atoms with Crippen LogP contribution in [0.3, 0.4) is 0 Å². The van der Waals surface area contributed by atoms with E-state index < -0.39 is 24.5 Å². The number of nitrogens with one attached hydrogen (secondary N) is 2. The number of halogens is 1. The van der Waals surface area contributed by atoms with Crippen LogP contribution in [0.25, 0.3) is 22.2 Å². The summed E-state index contributed by atoms with van der Waals surface area (Å²) in [6.45, 7) is -0.497. The number of nitrogens with zero attached hydrogens (tertiary/aromatic N) is 1. The number of hydrogen-bond donors (Lipinski definition) is 2. The number of urea groups is 1. The second-order valence-electron chi connectivity index (χ2n) is 6.97. The Bertz CT molecular complexity index is 1320. The first-order valence-electron chi connectivity index (χ1n) is 9.92. The Kier molecular flexibility index (Phi) is 6.80. The minimum absolute atomic E-state index is 0.118. The maximum Gasteiger partial charge on any atom is 0.339 e. The number of ether oxygens (including phenoxy) is 1. The molecule has 8 nitrogen and oxygen atoms in total. The van der Waals surface area contributed by atoms with E-state index in [1.165, 1.54) is 6.26 Å². The van der Waals surface area contributed by atoms with Gasteiger partial charge < -0.3 is 14.5 Å². The fourth-order valence-corrected chi connectivity index (χ4v) is 3.54. The van der Waals surface area contributed by atoms with Gasteiger partial charge in [-0.3, -0.25) is 10.1 Å². The van der Waals surface area contributed by atoms with Gasteiger partial charge in [0, 0.05) is 15.4 Å². The van der Waals surface area contributed by atoms with E-state index in [1.807, 2.05) is 30.3 Å². The molecule has 0 aliphatic carbocycles. The van der Waals surface area contributed by atoms with Crippen molar-refractivity contribution in [3.8, 4) is 11.3 Å². The highest BCUT2D eigenvalue weighted by Crippen LogP contribution is 2.27. The van der Waals surface area contributed by atoms with Gasteiger partial charge in [-0.25, -0.2) is 14.6 Å². The molecule has 0 radical (unpaired) electrons. The summed E-state index contributed by atoms with van der Waals surface area (Å²) in [5.74, 6) is -0.920. The summed E-state index contributed by atoms with van der Waals surface area (Å²) < 4.78 is 11.1. The molecule has 0 saturated carbocycles. The quantitative estimate of drug-likeness (QED) is 0.373. The molecule has 4 aromatic rings. The van der Waals surface area contributed by atoms with Crippen molar-refractivity contribution < 1.29 is 23.5 Å². The van der Waals surface area contributed by atoms with E-state index in [0.29, 0.717) is 22.4 Å². The number of esters is 1. The highest BCUT2D eigenvalue weighted by atomic mass is 79.9. The van der Waals surface area contributed by atoms with E-state index in [1.54, 1.807) is 36.4 Å². The van der Waals surface area contributed by atoms with Gasteiger partial charge in [-0.05, 0) is 36.4 Å². The number of pyridine rings is 1. The summed E-state index contributed by atoms with van der Waals surface area (Å²) in [4.78, 5) is 41.3. The Morgan fingerprint density at radius 3 is 2.64 bits per heavy atom. The highest BCUT2D eigenvalue weighted by Gasteiger charge is 2.17. The van der Waals surface area contributed by atoms with Crippen LogP contribution >= 0.6 is 15.9 Å². The Morgan fingerprint density at radius 1 is 1.00 bits per heavy atom. The maximum atomic E-state index is 12.8. The molecule has 2 heterocycles. The Hall–Kier alpha value is -3.98. The molecule has 0 spiro atoms. The van der Waals surface area contributed by atoms with Crippen molar-refractivity contribution in [1.82, 2.24) is 15.6 Å². The zero-order valence-electron chi connectivity index (χ0n) is 17.2. The lowest BCUT2D eigenvalue weighted by molar-refractivity contribution is -0.123. The predicted molar refractivity (Wildman–Crippen MR) is 124 cm³/mol. The van der Waals surface area contributed by atoms with Crippen LogP contribution in [0.4, 0.5) is 4.79 Å². The molecule has 0 saturated heterocycles. The number of furan rings is 1. The van der Waals surface area contributed by atoms with Gasteiger partial charge >= 0.3 is 12.0 Å². The number of amides is 3. The smallest absolute Gasteiger partial charge is 0.339 e. The summed E-state index contributed by atoms with van der Waals surface area (Å²) in [7, 11) is 0. The first kappa shape index (κ1) is 22.2. The molecule has 33 heavy (non-hydrogen) atoms. The molecule has 0 bridgehead atoms. The molecular weight excluding hydrogens is 490 g/mol. The Balaban J connectivity index is 1.45. The monoisotopic (exact) mass is 507 g/mol. The normalized spacial score (nSPS) is 10.6. The third-order valence-electron chi connectivity index (χ3n) is 4.65. The van der Waals surface area contributed by atoms with Gasteiger partial charge in [0.1, 0.15) is 5.76 Å². The van der Waals surface area contributed by atoms with Crippen molar-refractivity contribution in [2.45, 2.75) is 6.54 Å². The van der Waals surface area contributed by atoms with Crippen LogP contribution in [0.2, 0.25) is 0 Å². The third-order valence-corrected chi connectivity index (χ3v) is 5.14. The van der Waals surface area contributed by atoms with Crippen molar-refractivity contribution >= 4 is 44.7 Å². The first-order valence-corrected chi connectivity index (χ1v) is 10.7. The number of carbonyl (C=O) groups is 3. The SMILES string of the molecule is O=C(COC(=O)c1cc(-c2cccc(Br)c2)nc2ccccc12)NC(=O)NCc1ccco1. The summed E-state index contributed by atoms with van der Waals surface area (Å²) in [6, 6.07) is 19.0. The lowest BCUT2D eigenvalue weighted by atomic mass is 10.0. The summed E-state index contributed by atoms with van der Waals surface area (Å²) in [6.07, 6.45) is 1.48. The van der Waals surface area contributed by atoms with E-state index in [0.717, 1.165) is 10.0 Å². The van der Waals surface area contributed by atoms with Crippen LogP contribution in [-0.2, 0) is 16.1 Å². The number of fused-ring (bicyclic) bond motifs is 1. The van der Waals surface area contributed by atoms with E-state index >= 15 is 0 Å². The average molecular weight is 508 g/mol. The van der Waals surface area contributed by atoms with E-state index in [2.05, 4.69) is 31.5 Å². The summed E-state index contributed by atoms with van der Waals surface area (Å²) in [5, 5.41) is 5.17. The van der Waals surface area contributed by atoms with Gasteiger partial charge in [0.25, 0.3) is 5.91 Å². The molecule has 166 valence electrons. The van der Waals surface area contributed by atoms with Crippen LogP contribution in [0.15, 0.2) is 81.9 Å².